The van der Waals surface area contributed by atoms with E-state index >= 15 is 0 Å². The smallest absolute Gasteiger partial charge is 0.408 e. The maximum atomic E-state index is 14.4. The van der Waals surface area contributed by atoms with Crippen LogP contribution in [0.2, 0.25) is 0 Å². The SMILES string of the molecule is CCCCCCCN(C(=O)C(NC(=O)OC(C)(C)C)C(C)CC)C(C(=O)NC(C)CCC)c1cccc(C)c1. The fourth-order valence-corrected chi connectivity index (χ4v) is 4.69. The Morgan fingerprint density at radius 1 is 0.949 bits per heavy atom. The first-order valence-electron chi connectivity index (χ1n) is 15.0. The van der Waals surface area contributed by atoms with Crippen molar-refractivity contribution in [2.75, 3.05) is 6.54 Å². The van der Waals surface area contributed by atoms with Crippen molar-refractivity contribution in [3.63, 3.8) is 0 Å². The van der Waals surface area contributed by atoms with Crippen LogP contribution in [-0.4, -0.2) is 47.0 Å². The normalized spacial score (nSPS) is 14.6. The van der Waals surface area contributed by atoms with Crippen molar-refractivity contribution in [1.82, 2.24) is 15.5 Å². The Bertz CT molecular complexity index is 896. The molecule has 39 heavy (non-hydrogen) atoms. The zero-order valence-electron chi connectivity index (χ0n) is 26.1. The Morgan fingerprint density at radius 3 is 2.18 bits per heavy atom. The van der Waals surface area contributed by atoms with Crippen LogP contribution < -0.4 is 10.6 Å². The van der Waals surface area contributed by atoms with E-state index in [1.807, 2.05) is 52.0 Å². The van der Waals surface area contributed by atoms with Crippen molar-refractivity contribution in [3.05, 3.63) is 35.4 Å². The molecule has 0 heterocycles. The molecule has 0 saturated carbocycles. The van der Waals surface area contributed by atoms with Gasteiger partial charge >= 0.3 is 6.09 Å². The molecule has 1 aromatic carbocycles. The minimum absolute atomic E-state index is 0.0124. The number of aryl methyl sites for hydroxylation is 1. The van der Waals surface area contributed by atoms with Crippen LogP contribution in [0.4, 0.5) is 4.79 Å². The summed E-state index contributed by atoms with van der Waals surface area (Å²) in [6, 6.07) is 6.19. The molecule has 3 amide bonds. The van der Waals surface area contributed by atoms with Gasteiger partial charge in [0, 0.05) is 12.6 Å². The molecule has 0 aliphatic rings. The average molecular weight is 546 g/mol. The van der Waals surface area contributed by atoms with E-state index in [1.54, 1.807) is 25.7 Å². The summed E-state index contributed by atoms with van der Waals surface area (Å²) in [6.07, 6.45) is 6.97. The van der Waals surface area contributed by atoms with Gasteiger partial charge in [-0.15, -0.1) is 0 Å². The molecule has 0 saturated heterocycles. The summed E-state index contributed by atoms with van der Waals surface area (Å²) < 4.78 is 5.51. The van der Waals surface area contributed by atoms with Crippen molar-refractivity contribution >= 4 is 17.9 Å². The van der Waals surface area contributed by atoms with Gasteiger partial charge in [-0.2, -0.15) is 0 Å². The molecule has 0 aromatic heterocycles. The molecule has 0 bridgehead atoms. The number of rotatable bonds is 16. The number of carbonyl (C=O) groups excluding carboxylic acids is 3. The third-order valence-corrected chi connectivity index (χ3v) is 6.97. The highest BCUT2D eigenvalue weighted by Gasteiger charge is 2.38. The highest BCUT2D eigenvalue weighted by Crippen LogP contribution is 2.26. The maximum Gasteiger partial charge on any atom is 0.408 e. The molecule has 7 nitrogen and oxygen atoms in total. The van der Waals surface area contributed by atoms with Gasteiger partial charge in [0.25, 0.3) is 0 Å². The average Bonchev–Trinajstić information content (AvgIpc) is 2.84. The molecular formula is C32H55N3O4. The van der Waals surface area contributed by atoms with Gasteiger partial charge in [-0.1, -0.05) is 96.0 Å². The summed E-state index contributed by atoms with van der Waals surface area (Å²) in [6.45, 7) is 18.0. The van der Waals surface area contributed by atoms with Gasteiger partial charge in [0.05, 0.1) is 0 Å². The van der Waals surface area contributed by atoms with Gasteiger partial charge in [0.2, 0.25) is 11.8 Å². The Hall–Kier alpha value is -2.57. The van der Waals surface area contributed by atoms with E-state index in [0.29, 0.717) is 13.0 Å². The second-order valence-corrected chi connectivity index (χ2v) is 12.0. The Kier molecular flexibility index (Phi) is 15.2. The number of hydrogen-bond donors (Lipinski definition) is 2. The highest BCUT2D eigenvalue weighted by molar-refractivity contribution is 5.92. The largest absolute Gasteiger partial charge is 0.444 e. The van der Waals surface area contributed by atoms with Crippen LogP contribution >= 0.6 is 0 Å². The minimum Gasteiger partial charge on any atom is -0.444 e. The van der Waals surface area contributed by atoms with Crippen molar-refractivity contribution in [2.24, 2.45) is 5.92 Å². The molecular weight excluding hydrogens is 490 g/mol. The van der Waals surface area contributed by atoms with Gasteiger partial charge < -0.3 is 20.3 Å². The monoisotopic (exact) mass is 545 g/mol. The second-order valence-electron chi connectivity index (χ2n) is 12.0. The molecule has 0 aliphatic carbocycles. The van der Waals surface area contributed by atoms with E-state index in [0.717, 1.165) is 56.1 Å². The van der Waals surface area contributed by atoms with Crippen LogP contribution in [0.3, 0.4) is 0 Å². The first kappa shape index (κ1) is 34.5. The lowest BCUT2D eigenvalue weighted by molar-refractivity contribution is -0.143. The number of unbranched alkanes of at least 4 members (excludes halogenated alkanes) is 4. The highest BCUT2D eigenvalue weighted by atomic mass is 16.6. The lowest BCUT2D eigenvalue weighted by Crippen LogP contribution is -2.55. The molecule has 7 heteroatoms. The van der Waals surface area contributed by atoms with E-state index in [2.05, 4.69) is 24.5 Å². The fourth-order valence-electron chi connectivity index (χ4n) is 4.69. The summed E-state index contributed by atoms with van der Waals surface area (Å²) in [5.41, 5.74) is 1.11. The van der Waals surface area contributed by atoms with Gasteiger partial charge in [0.15, 0.2) is 0 Å². The van der Waals surface area contributed by atoms with Crippen LogP contribution in [0.15, 0.2) is 24.3 Å². The molecule has 222 valence electrons. The molecule has 0 aliphatic heterocycles. The van der Waals surface area contributed by atoms with Crippen molar-refractivity contribution in [1.29, 1.82) is 0 Å². The predicted molar refractivity (Wildman–Crippen MR) is 160 cm³/mol. The molecule has 1 aromatic rings. The zero-order valence-corrected chi connectivity index (χ0v) is 26.1. The number of alkyl carbamates (subject to hydrolysis) is 1. The molecule has 2 N–H and O–H groups in total. The summed E-state index contributed by atoms with van der Waals surface area (Å²) >= 11 is 0. The van der Waals surface area contributed by atoms with Gasteiger partial charge in [-0.05, 0) is 58.9 Å². The van der Waals surface area contributed by atoms with Gasteiger partial charge in [-0.3, -0.25) is 9.59 Å². The quantitative estimate of drug-likeness (QED) is 0.217. The predicted octanol–water partition coefficient (Wildman–Crippen LogP) is 7.08. The van der Waals surface area contributed by atoms with Crippen LogP contribution in [0.5, 0.6) is 0 Å². The van der Waals surface area contributed by atoms with Crippen LogP contribution in [-0.2, 0) is 14.3 Å². The van der Waals surface area contributed by atoms with Gasteiger partial charge in [0.1, 0.15) is 17.7 Å². The van der Waals surface area contributed by atoms with E-state index in [4.69, 9.17) is 4.74 Å². The Balaban J connectivity index is 3.51. The van der Waals surface area contributed by atoms with E-state index < -0.39 is 23.8 Å². The van der Waals surface area contributed by atoms with Crippen LogP contribution in [0, 0.1) is 12.8 Å². The first-order valence-corrected chi connectivity index (χ1v) is 15.0. The molecule has 4 unspecified atom stereocenters. The molecule has 0 radical (unpaired) electrons. The van der Waals surface area contributed by atoms with Crippen molar-refractivity contribution in [3.8, 4) is 0 Å². The van der Waals surface area contributed by atoms with E-state index in [9.17, 15) is 14.4 Å². The minimum atomic E-state index is -0.811. The van der Waals surface area contributed by atoms with Crippen molar-refractivity contribution < 1.29 is 19.1 Å². The number of nitrogens with one attached hydrogen (secondary N) is 2. The second kappa shape index (κ2) is 17.2. The molecule has 4 atom stereocenters. The van der Waals surface area contributed by atoms with E-state index in [1.165, 1.54) is 0 Å². The van der Waals surface area contributed by atoms with Crippen LogP contribution in [0.25, 0.3) is 0 Å². The Morgan fingerprint density at radius 2 is 1.62 bits per heavy atom. The number of carbonyl (C=O) groups is 3. The van der Waals surface area contributed by atoms with Gasteiger partial charge in [-0.25, -0.2) is 4.79 Å². The number of nitrogens with zero attached hydrogens (tertiary/aromatic N) is 1. The standard InChI is InChI=1S/C32H55N3O4/c1-10-13-14-15-16-21-35(30(37)27(24(5)12-3)34-31(38)39-32(7,8)9)28(26-20-17-19-23(4)22-26)29(36)33-25(6)18-11-2/h17,19-20,22,24-25,27-28H,10-16,18,21H2,1-9H3,(H,33,36)(H,34,38). The van der Waals surface area contributed by atoms with E-state index in [-0.39, 0.29) is 23.8 Å². The third-order valence-electron chi connectivity index (χ3n) is 6.97. The number of ether oxygens (including phenoxy) is 1. The first-order chi connectivity index (χ1) is 18.3. The number of benzene rings is 1. The molecule has 1 rings (SSSR count). The fraction of sp³-hybridized carbons (Fsp3) is 0.719. The lowest BCUT2D eigenvalue weighted by atomic mass is 9.95. The number of amides is 3. The Labute approximate surface area is 237 Å². The maximum absolute atomic E-state index is 14.4. The summed E-state index contributed by atoms with van der Waals surface area (Å²) in [4.78, 5) is 42.7. The summed E-state index contributed by atoms with van der Waals surface area (Å²) in [5, 5.41) is 6.00. The number of hydrogen-bond acceptors (Lipinski definition) is 4. The zero-order chi connectivity index (χ0) is 29.6. The topological polar surface area (TPSA) is 87.7 Å². The third kappa shape index (κ3) is 12.4. The van der Waals surface area contributed by atoms with Crippen LogP contribution in [0.1, 0.15) is 124 Å². The summed E-state index contributed by atoms with van der Waals surface area (Å²) in [5.74, 6) is -0.591. The molecule has 0 spiro atoms. The summed E-state index contributed by atoms with van der Waals surface area (Å²) in [7, 11) is 0. The molecule has 0 fully saturated rings. The van der Waals surface area contributed by atoms with Crippen molar-refractivity contribution in [2.45, 2.75) is 137 Å². The lowest BCUT2D eigenvalue weighted by Gasteiger charge is -2.36.